The summed E-state index contributed by atoms with van der Waals surface area (Å²) in [6.45, 7) is 3.99. The van der Waals surface area contributed by atoms with Crippen LogP contribution in [0.5, 0.6) is 0 Å². The highest BCUT2D eigenvalue weighted by molar-refractivity contribution is 7.20. The molecule has 1 aromatic carbocycles. The predicted octanol–water partition coefficient (Wildman–Crippen LogP) is 4.58. The number of fused-ring (bicyclic) bond motifs is 1. The number of nitrogens with zero attached hydrogens (tertiary/aromatic N) is 2. The molecule has 0 spiro atoms. The zero-order chi connectivity index (χ0) is 19.6. The molecule has 2 aromatic heterocycles. The van der Waals surface area contributed by atoms with Crippen LogP contribution >= 0.6 is 11.3 Å². The number of morpholine rings is 1. The summed E-state index contributed by atoms with van der Waals surface area (Å²) in [6, 6.07) is 11.1. The number of nitrogens with one attached hydrogen (secondary N) is 1. The Hall–Kier alpha value is -2.31. The average molecular weight is 410 g/mol. The zero-order valence-corrected chi connectivity index (χ0v) is 17.4. The molecule has 0 radical (unpaired) electrons. The smallest absolute Gasteiger partial charge is 0.261 e. The minimum absolute atomic E-state index is 0.0101. The van der Waals surface area contributed by atoms with Crippen molar-refractivity contribution in [3.05, 3.63) is 53.2 Å². The van der Waals surface area contributed by atoms with Crippen LogP contribution in [0.3, 0.4) is 0 Å². The monoisotopic (exact) mass is 409 g/mol. The van der Waals surface area contributed by atoms with Crippen LogP contribution in [0.4, 0.5) is 5.69 Å². The molecule has 2 aliphatic rings. The van der Waals surface area contributed by atoms with Crippen molar-refractivity contribution >= 4 is 33.0 Å². The van der Waals surface area contributed by atoms with Gasteiger partial charge in [-0.05, 0) is 36.6 Å². The first-order valence-corrected chi connectivity index (χ1v) is 11.4. The third-order valence-electron chi connectivity index (χ3n) is 6.08. The summed E-state index contributed by atoms with van der Waals surface area (Å²) >= 11 is 1.59. The van der Waals surface area contributed by atoms with Crippen LogP contribution in [-0.4, -0.2) is 36.8 Å². The van der Waals surface area contributed by atoms with Crippen molar-refractivity contribution in [1.82, 2.24) is 9.88 Å². The maximum atomic E-state index is 12.6. The van der Waals surface area contributed by atoms with Crippen molar-refractivity contribution in [3.8, 4) is 0 Å². The number of rotatable bonds is 5. The van der Waals surface area contributed by atoms with Gasteiger partial charge in [0, 0.05) is 49.1 Å². The molecule has 1 amide bonds. The fourth-order valence-corrected chi connectivity index (χ4v) is 5.39. The number of thiophene rings is 1. The quantitative estimate of drug-likeness (QED) is 0.671. The highest BCUT2D eigenvalue weighted by Gasteiger charge is 2.18. The van der Waals surface area contributed by atoms with Crippen molar-refractivity contribution in [2.75, 3.05) is 31.2 Å². The Morgan fingerprint density at radius 1 is 1.10 bits per heavy atom. The second-order valence-electron chi connectivity index (χ2n) is 8.02. The number of hydrogen-bond acceptors (Lipinski definition) is 4. The standard InChI is InChI=1S/C23H27N3O2S/c27-23(21-13-18-15-26(16-22(18)29-21)19-3-1-2-4-19)24-14-17-5-7-20(8-6-17)25-9-11-28-12-10-25/h5-8,13,15-16,19H,1-4,9-12,14H2,(H,24,27). The second-order valence-corrected chi connectivity index (χ2v) is 9.11. The maximum absolute atomic E-state index is 12.6. The van der Waals surface area contributed by atoms with Gasteiger partial charge in [-0.3, -0.25) is 4.79 Å². The van der Waals surface area contributed by atoms with Crippen LogP contribution in [0, 0.1) is 0 Å². The molecule has 1 aliphatic heterocycles. The molecule has 1 saturated heterocycles. The van der Waals surface area contributed by atoms with Crippen LogP contribution in [0.1, 0.15) is 47.0 Å². The highest BCUT2D eigenvalue weighted by atomic mass is 32.1. The van der Waals surface area contributed by atoms with Crippen LogP contribution in [-0.2, 0) is 11.3 Å². The lowest BCUT2D eigenvalue weighted by Gasteiger charge is -2.28. The summed E-state index contributed by atoms with van der Waals surface area (Å²) in [7, 11) is 0. The van der Waals surface area contributed by atoms with E-state index >= 15 is 0 Å². The molecule has 5 nitrogen and oxygen atoms in total. The van der Waals surface area contributed by atoms with Crippen molar-refractivity contribution in [2.45, 2.75) is 38.3 Å². The number of carbonyl (C=O) groups is 1. The first kappa shape index (κ1) is 18.7. The summed E-state index contributed by atoms with van der Waals surface area (Å²) in [5.74, 6) is 0.0101. The van der Waals surface area contributed by atoms with E-state index in [-0.39, 0.29) is 5.91 Å². The van der Waals surface area contributed by atoms with Gasteiger partial charge in [-0.15, -0.1) is 11.3 Å². The molecule has 0 unspecified atom stereocenters. The average Bonchev–Trinajstić information content (AvgIpc) is 3.49. The van der Waals surface area contributed by atoms with E-state index < -0.39 is 0 Å². The molecular weight excluding hydrogens is 382 g/mol. The van der Waals surface area contributed by atoms with Crippen molar-refractivity contribution in [1.29, 1.82) is 0 Å². The largest absolute Gasteiger partial charge is 0.378 e. The molecule has 152 valence electrons. The maximum Gasteiger partial charge on any atom is 0.261 e. The zero-order valence-electron chi connectivity index (χ0n) is 16.6. The molecule has 6 heteroatoms. The molecule has 29 heavy (non-hydrogen) atoms. The molecule has 1 aliphatic carbocycles. The van der Waals surface area contributed by atoms with Gasteiger partial charge in [0.05, 0.1) is 22.8 Å². The van der Waals surface area contributed by atoms with Gasteiger partial charge in [0.15, 0.2) is 0 Å². The van der Waals surface area contributed by atoms with Gasteiger partial charge in [0.25, 0.3) is 5.91 Å². The van der Waals surface area contributed by atoms with Crippen LogP contribution in [0.25, 0.3) is 10.1 Å². The molecule has 0 bridgehead atoms. The Labute approximate surface area is 175 Å². The first-order valence-electron chi connectivity index (χ1n) is 10.6. The lowest BCUT2D eigenvalue weighted by molar-refractivity contribution is 0.0955. The van der Waals surface area contributed by atoms with Crippen molar-refractivity contribution in [2.24, 2.45) is 0 Å². The Balaban J connectivity index is 1.19. The minimum Gasteiger partial charge on any atom is -0.378 e. The lowest BCUT2D eigenvalue weighted by atomic mass is 10.2. The van der Waals surface area contributed by atoms with Gasteiger partial charge in [-0.1, -0.05) is 25.0 Å². The lowest BCUT2D eigenvalue weighted by Crippen LogP contribution is -2.36. The molecule has 1 saturated carbocycles. The topological polar surface area (TPSA) is 46.5 Å². The molecule has 5 rings (SSSR count). The van der Waals surface area contributed by atoms with Gasteiger partial charge < -0.3 is 19.5 Å². The summed E-state index contributed by atoms with van der Waals surface area (Å²) < 4.78 is 8.97. The van der Waals surface area contributed by atoms with E-state index in [0.717, 1.165) is 36.7 Å². The van der Waals surface area contributed by atoms with Gasteiger partial charge >= 0.3 is 0 Å². The van der Waals surface area contributed by atoms with Crippen LogP contribution in [0.2, 0.25) is 0 Å². The minimum atomic E-state index is 0.0101. The van der Waals surface area contributed by atoms with Crippen LogP contribution in [0.15, 0.2) is 42.7 Å². The molecule has 0 atom stereocenters. The van der Waals surface area contributed by atoms with Gasteiger partial charge in [0.2, 0.25) is 0 Å². The third kappa shape index (κ3) is 4.05. The van der Waals surface area contributed by atoms with E-state index in [1.807, 2.05) is 6.07 Å². The highest BCUT2D eigenvalue weighted by Crippen LogP contribution is 2.34. The number of carbonyl (C=O) groups excluding carboxylic acids is 1. The fraction of sp³-hybridized carbons (Fsp3) is 0.435. The molecule has 2 fully saturated rings. The molecule has 1 N–H and O–H groups in total. The SMILES string of the molecule is O=C(NCc1ccc(N2CCOCC2)cc1)c1cc2cn(C3CCCC3)cc2s1. The summed E-state index contributed by atoms with van der Waals surface area (Å²) in [6.07, 6.45) is 9.65. The van der Waals surface area contributed by atoms with E-state index in [1.165, 1.54) is 41.5 Å². The first-order chi connectivity index (χ1) is 14.3. The number of hydrogen-bond donors (Lipinski definition) is 1. The van der Waals surface area contributed by atoms with Gasteiger partial charge in [-0.2, -0.15) is 0 Å². The van der Waals surface area contributed by atoms with Crippen molar-refractivity contribution in [3.63, 3.8) is 0 Å². The second kappa shape index (κ2) is 8.20. The number of amides is 1. The van der Waals surface area contributed by atoms with Crippen molar-refractivity contribution < 1.29 is 9.53 Å². The number of benzene rings is 1. The fourth-order valence-electron chi connectivity index (χ4n) is 4.39. The Morgan fingerprint density at radius 2 is 1.86 bits per heavy atom. The van der Waals surface area contributed by atoms with E-state index in [1.54, 1.807) is 11.3 Å². The Kier molecular flexibility index (Phi) is 5.29. The predicted molar refractivity (Wildman–Crippen MR) is 118 cm³/mol. The Bertz CT molecular complexity index is 948. The summed E-state index contributed by atoms with van der Waals surface area (Å²) in [4.78, 5) is 15.7. The molecule has 3 heterocycles. The van der Waals surface area contributed by atoms with E-state index in [4.69, 9.17) is 4.74 Å². The number of aromatic nitrogens is 1. The van der Waals surface area contributed by atoms with Crippen LogP contribution < -0.4 is 10.2 Å². The number of anilines is 1. The molecule has 3 aromatic rings. The van der Waals surface area contributed by atoms with E-state index in [2.05, 4.69) is 51.4 Å². The summed E-state index contributed by atoms with van der Waals surface area (Å²) in [5, 5.41) is 4.25. The summed E-state index contributed by atoms with van der Waals surface area (Å²) in [5.41, 5.74) is 2.33. The van der Waals surface area contributed by atoms with Gasteiger partial charge in [0.1, 0.15) is 0 Å². The normalized spacial score (nSPS) is 17.9. The van der Waals surface area contributed by atoms with Gasteiger partial charge in [-0.25, -0.2) is 0 Å². The van der Waals surface area contributed by atoms with E-state index in [9.17, 15) is 4.79 Å². The van der Waals surface area contributed by atoms with E-state index in [0.29, 0.717) is 12.6 Å². The number of ether oxygens (including phenoxy) is 1. The Morgan fingerprint density at radius 3 is 2.59 bits per heavy atom. The molecular formula is C23H27N3O2S. The third-order valence-corrected chi connectivity index (χ3v) is 7.17.